The summed E-state index contributed by atoms with van der Waals surface area (Å²) in [4.78, 5) is 27.0. The van der Waals surface area contributed by atoms with E-state index in [0.717, 1.165) is 48.2 Å². The minimum Gasteiger partial charge on any atom is -0.326 e. The van der Waals surface area contributed by atoms with Crippen LogP contribution in [0.3, 0.4) is 0 Å². The maximum absolute atomic E-state index is 13.5. The molecule has 4 saturated carbocycles. The van der Waals surface area contributed by atoms with Crippen LogP contribution in [0.2, 0.25) is 0 Å². The predicted octanol–water partition coefficient (Wildman–Crippen LogP) is 5.47. The third kappa shape index (κ3) is 3.32. The molecular formula is C26H30N2O2. The molecule has 0 heterocycles. The smallest absolute Gasteiger partial charge is 0.230 e. The third-order valence-corrected chi connectivity index (χ3v) is 7.58. The summed E-state index contributed by atoms with van der Waals surface area (Å²) in [5.41, 5.74) is 3.14. The van der Waals surface area contributed by atoms with Gasteiger partial charge in [0.15, 0.2) is 0 Å². The maximum atomic E-state index is 13.5. The second kappa shape index (κ2) is 6.97. The number of amides is 2. The molecule has 0 saturated heterocycles. The first-order valence-electron chi connectivity index (χ1n) is 11.1. The topological polar surface area (TPSA) is 58.2 Å². The molecule has 2 N–H and O–H groups in total. The first-order valence-corrected chi connectivity index (χ1v) is 11.1. The largest absolute Gasteiger partial charge is 0.326 e. The number of rotatable bonds is 4. The Morgan fingerprint density at radius 1 is 0.767 bits per heavy atom. The second-order valence-electron chi connectivity index (χ2n) is 10.2. The second-order valence-corrected chi connectivity index (χ2v) is 10.2. The van der Waals surface area contributed by atoms with E-state index >= 15 is 0 Å². The monoisotopic (exact) mass is 402 g/mol. The first-order chi connectivity index (χ1) is 14.4. The van der Waals surface area contributed by atoms with Crippen LogP contribution in [0.15, 0.2) is 48.5 Å². The molecule has 2 aromatic carbocycles. The summed E-state index contributed by atoms with van der Waals surface area (Å²) in [5, 5.41) is 6.36. The molecule has 6 rings (SSSR count). The van der Waals surface area contributed by atoms with Crippen molar-refractivity contribution in [1.82, 2.24) is 0 Å². The minimum atomic E-state index is -0.419. The Labute approximate surface area is 178 Å². The highest BCUT2D eigenvalue weighted by Crippen LogP contribution is 2.65. The lowest BCUT2D eigenvalue weighted by atomic mass is 9.43. The van der Waals surface area contributed by atoms with E-state index in [-0.39, 0.29) is 11.8 Å². The normalized spacial score (nSPS) is 31.4. The number of anilines is 2. The van der Waals surface area contributed by atoms with Crippen LogP contribution < -0.4 is 10.6 Å². The molecule has 2 amide bonds. The highest BCUT2D eigenvalue weighted by atomic mass is 16.2. The lowest BCUT2D eigenvalue weighted by Gasteiger charge is -2.60. The average Bonchev–Trinajstić information content (AvgIpc) is 2.67. The fraction of sp³-hybridized carbons (Fsp3) is 0.462. The summed E-state index contributed by atoms with van der Waals surface area (Å²) >= 11 is 0. The van der Waals surface area contributed by atoms with Gasteiger partial charge in [0, 0.05) is 11.4 Å². The van der Waals surface area contributed by atoms with E-state index in [1.165, 1.54) is 6.42 Å². The summed E-state index contributed by atoms with van der Waals surface area (Å²) in [5.74, 6) is 1.15. The van der Waals surface area contributed by atoms with Gasteiger partial charge in [0.2, 0.25) is 11.8 Å². The Balaban J connectivity index is 1.40. The highest BCUT2D eigenvalue weighted by molar-refractivity contribution is 5.99. The fourth-order valence-corrected chi connectivity index (χ4v) is 6.77. The van der Waals surface area contributed by atoms with Gasteiger partial charge in [-0.15, -0.1) is 0 Å². The fourth-order valence-electron chi connectivity index (χ4n) is 6.77. The zero-order valence-corrected chi connectivity index (χ0v) is 17.8. The molecule has 0 atom stereocenters. The molecule has 4 aliphatic carbocycles. The zero-order chi connectivity index (χ0) is 20.9. The van der Waals surface area contributed by atoms with Gasteiger partial charge in [-0.1, -0.05) is 24.3 Å². The molecule has 156 valence electrons. The molecule has 0 aliphatic heterocycles. The molecular weight excluding hydrogens is 372 g/mol. The standard InChI is InChI=1S/C26H30N2O2/c1-17-5-3-7-21(9-17)27-23(29)25-12-19-11-20(13-25)15-26(14-19,16-25)24(30)28-22-8-4-6-18(2)10-22/h3-10,19-20H,11-16H2,1-2H3,(H,27,29)(H,28,30). The molecule has 4 heteroatoms. The van der Waals surface area contributed by atoms with Crippen LogP contribution in [-0.4, -0.2) is 11.8 Å². The number of hydrogen-bond donors (Lipinski definition) is 2. The van der Waals surface area contributed by atoms with Crippen LogP contribution in [0.25, 0.3) is 0 Å². The average molecular weight is 403 g/mol. The summed E-state index contributed by atoms with van der Waals surface area (Å²) in [6.45, 7) is 4.07. The molecule has 4 bridgehead atoms. The van der Waals surface area contributed by atoms with Crippen LogP contribution in [-0.2, 0) is 9.59 Å². The van der Waals surface area contributed by atoms with Gasteiger partial charge in [0.05, 0.1) is 10.8 Å². The van der Waals surface area contributed by atoms with Crippen molar-refractivity contribution >= 4 is 23.2 Å². The number of aryl methyl sites for hydroxylation is 2. The lowest BCUT2D eigenvalue weighted by Crippen LogP contribution is -2.59. The van der Waals surface area contributed by atoms with E-state index < -0.39 is 10.8 Å². The first kappa shape index (κ1) is 19.3. The van der Waals surface area contributed by atoms with Gasteiger partial charge in [0.25, 0.3) is 0 Å². The van der Waals surface area contributed by atoms with Crippen molar-refractivity contribution < 1.29 is 9.59 Å². The minimum absolute atomic E-state index is 0.106. The summed E-state index contributed by atoms with van der Waals surface area (Å²) in [6, 6.07) is 15.9. The summed E-state index contributed by atoms with van der Waals surface area (Å²) < 4.78 is 0. The van der Waals surface area contributed by atoms with Gasteiger partial charge in [-0.2, -0.15) is 0 Å². The van der Waals surface area contributed by atoms with E-state index in [9.17, 15) is 9.59 Å². The van der Waals surface area contributed by atoms with Crippen LogP contribution in [0, 0.1) is 36.5 Å². The molecule has 4 aliphatic rings. The van der Waals surface area contributed by atoms with E-state index in [1.807, 2.05) is 62.4 Å². The van der Waals surface area contributed by atoms with Gasteiger partial charge >= 0.3 is 0 Å². The molecule has 0 aromatic heterocycles. The van der Waals surface area contributed by atoms with Crippen molar-refractivity contribution in [3.63, 3.8) is 0 Å². The van der Waals surface area contributed by atoms with Crippen molar-refractivity contribution in [1.29, 1.82) is 0 Å². The lowest BCUT2D eigenvalue weighted by molar-refractivity contribution is -0.161. The quantitative estimate of drug-likeness (QED) is 0.713. The van der Waals surface area contributed by atoms with Gasteiger partial charge in [-0.25, -0.2) is 0 Å². The summed E-state index contributed by atoms with van der Waals surface area (Å²) in [6.07, 6.45) is 5.50. The van der Waals surface area contributed by atoms with Crippen molar-refractivity contribution in [3.8, 4) is 0 Å². The van der Waals surface area contributed by atoms with Crippen LogP contribution in [0.5, 0.6) is 0 Å². The Kier molecular flexibility index (Phi) is 4.49. The maximum Gasteiger partial charge on any atom is 0.230 e. The number of benzene rings is 2. The molecule has 2 aromatic rings. The Morgan fingerprint density at radius 2 is 1.20 bits per heavy atom. The van der Waals surface area contributed by atoms with Crippen LogP contribution in [0.1, 0.15) is 49.7 Å². The number of hydrogen-bond acceptors (Lipinski definition) is 2. The van der Waals surface area contributed by atoms with E-state index in [4.69, 9.17) is 0 Å². The predicted molar refractivity (Wildman–Crippen MR) is 119 cm³/mol. The van der Waals surface area contributed by atoms with Crippen molar-refractivity contribution in [2.75, 3.05) is 10.6 Å². The Morgan fingerprint density at radius 3 is 1.60 bits per heavy atom. The van der Waals surface area contributed by atoms with Crippen molar-refractivity contribution in [2.24, 2.45) is 22.7 Å². The van der Waals surface area contributed by atoms with E-state index in [0.29, 0.717) is 18.3 Å². The highest BCUT2D eigenvalue weighted by Gasteiger charge is 2.63. The molecule has 4 nitrogen and oxygen atoms in total. The Hall–Kier alpha value is -2.62. The summed E-state index contributed by atoms with van der Waals surface area (Å²) in [7, 11) is 0. The van der Waals surface area contributed by atoms with E-state index in [2.05, 4.69) is 10.6 Å². The van der Waals surface area contributed by atoms with Gasteiger partial charge < -0.3 is 10.6 Å². The molecule has 0 radical (unpaired) electrons. The van der Waals surface area contributed by atoms with Gasteiger partial charge in [-0.05, 0) is 99.6 Å². The van der Waals surface area contributed by atoms with Crippen molar-refractivity contribution in [3.05, 3.63) is 59.7 Å². The third-order valence-electron chi connectivity index (χ3n) is 7.58. The van der Waals surface area contributed by atoms with E-state index in [1.54, 1.807) is 0 Å². The van der Waals surface area contributed by atoms with Crippen molar-refractivity contribution in [2.45, 2.75) is 52.4 Å². The number of carbonyl (C=O) groups excluding carboxylic acids is 2. The zero-order valence-electron chi connectivity index (χ0n) is 17.8. The molecule has 4 fully saturated rings. The van der Waals surface area contributed by atoms with Gasteiger partial charge in [0.1, 0.15) is 0 Å². The molecule has 30 heavy (non-hydrogen) atoms. The number of nitrogens with one attached hydrogen (secondary N) is 2. The molecule has 0 spiro atoms. The van der Waals surface area contributed by atoms with Crippen LogP contribution in [0.4, 0.5) is 11.4 Å². The SMILES string of the molecule is Cc1cccc(NC(=O)C23CC4CC(C2)CC(C(=O)Nc2cccc(C)c2)(C4)C3)c1. The van der Waals surface area contributed by atoms with Gasteiger partial charge in [-0.3, -0.25) is 9.59 Å². The van der Waals surface area contributed by atoms with Crippen LogP contribution >= 0.6 is 0 Å². The number of carbonyl (C=O) groups is 2. The molecule has 0 unspecified atom stereocenters. The Bertz CT molecular complexity index is 920.